The number of fused-ring (bicyclic) bond motifs is 4. The quantitative estimate of drug-likeness (QED) is 0.604. The number of nitrogens with zero attached hydrogens (tertiary/aromatic N) is 1. The Morgan fingerprint density at radius 1 is 1.10 bits per heavy atom. The minimum Gasteiger partial charge on any atom is -0.507 e. The van der Waals surface area contributed by atoms with Crippen molar-refractivity contribution in [2.45, 2.75) is 44.6 Å². The molecule has 1 aliphatic carbocycles. The minimum atomic E-state index is -0.963. The van der Waals surface area contributed by atoms with E-state index in [1.165, 1.54) is 6.07 Å². The van der Waals surface area contributed by atoms with Gasteiger partial charge >= 0.3 is 5.97 Å². The van der Waals surface area contributed by atoms with Crippen molar-refractivity contribution in [3.63, 3.8) is 0 Å². The van der Waals surface area contributed by atoms with Crippen molar-refractivity contribution in [2.24, 2.45) is 5.41 Å². The van der Waals surface area contributed by atoms with E-state index in [1.54, 1.807) is 19.1 Å². The maximum atomic E-state index is 14.2. The van der Waals surface area contributed by atoms with Crippen LogP contribution in [0.5, 0.6) is 5.75 Å². The van der Waals surface area contributed by atoms with Crippen LogP contribution in [0.15, 0.2) is 36.4 Å². The molecule has 5 rings (SSSR count). The molecule has 162 valence electrons. The lowest BCUT2D eigenvalue weighted by molar-refractivity contribution is -0.205. The van der Waals surface area contributed by atoms with Crippen LogP contribution >= 0.6 is 0 Å². The van der Waals surface area contributed by atoms with Gasteiger partial charge in [-0.2, -0.15) is 0 Å². The molecule has 0 unspecified atom stereocenters. The fraction of sp³-hybridized carbons (Fsp3) is 0.375. The SMILES string of the molecule is CC1(C)CO[C@]2(C[C@@](C)(C(=O)O)C2)c2c1n(-c1ccc(F)c(F)c1)c1cccc(O)c12. The summed E-state index contributed by atoms with van der Waals surface area (Å²) in [6, 6.07) is 8.80. The van der Waals surface area contributed by atoms with E-state index in [-0.39, 0.29) is 18.6 Å². The van der Waals surface area contributed by atoms with Crippen LogP contribution in [-0.4, -0.2) is 27.4 Å². The van der Waals surface area contributed by atoms with Crippen molar-refractivity contribution in [1.82, 2.24) is 4.57 Å². The van der Waals surface area contributed by atoms with Crippen LogP contribution in [0.4, 0.5) is 8.78 Å². The first kappa shape index (κ1) is 20.0. The number of hydrogen-bond donors (Lipinski definition) is 2. The molecule has 5 nitrogen and oxygen atoms in total. The van der Waals surface area contributed by atoms with E-state index in [4.69, 9.17) is 4.74 Å². The molecule has 3 aromatic rings. The summed E-state index contributed by atoms with van der Waals surface area (Å²) in [5.41, 5.74) is 0.304. The number of aromatic hydroxyl groups is 1. The van der Waals surface area contributed by atoms with Gasteiger partial charge in [0.05, 0.1) is 23.1 Å². The van der Waals surface area contributed by atoms with E-state index < -0.39 is 34.0 Å². The lowest BCUT2D eigenvalue weighted by atomic mass is 9.55. The van der Waals surface area contributed by atoms with Gasteiger partial charge in [-0.05, 0) is 44.0 Å². The molecule has 2 heterocycles. The molecule has 1 saturated carbocycles. The van der Waals surface area contributed by atoms with Crippen molar-refractivity contribution in [3.8, 4) is 11.4 Å². The Balaban J connectivity index is 1.86. The van der Waals surface area contributed by atoms with Crippen molar-refractivity contribution in [2.75, 3.05) is 6.61 Å². The first-order valence-electron chi connectivity index (χ1n) is 10.2. The summed E-state index contributed by atoms with van der Waals surface area (Å²) >= 11 is 0. The molecule has 1 aliphatic heterocycles. The van der Waals surface area contributed by atoms with E-state index in [0.29, 0.717) is 23.2 Å². The molecule has 1 aromatic heterocycles. The van der Waals surface area contributed by atoms with Crippen LogP contribution in [0.1, 0.15) is 44.9 Å². The number of ether oxygens (including phenoxy) is 1. The first-order valence-corrected chi connectivity index (χ1v) is 10.2. The Hall–Kier alpha value is -2.93. The number of phenolic OH excluding ortho intramolecular Hbond substituents is 1. The molecule has 2 aliphatic rings. The number of carbonyl (C=O) groups is 1. The van der Waals surface area contributed by atoms with Gasteiger partial charge in [-0.25, -0.2) is 8.78 Å². The number of rotatable bonds is 2. The molecule has 0 radical (unpaired) electrons. The van der Waals surface area contributed by atoms with E-state index in [9.17, 15) is 23.8 Å². The third kappa shape index (κ3) is 2.59. The predicted octanol–water partition coefficient (Wildman–Crippen LogP) is 5.00. The number of carboxylic acids is 1. The maximum absolute atomic E-state index is 14.2. The highest BCUT2D eigenvalue weighted by molar-refractivity contribution is 5.94. The van der Waals surface area contributed by atoms with Crippen LogP contribution < -0.4 is 0 Å². The van der Waals surface area contributed by atoms with Crippen molar-refractivity contribution < 1.29 is 28.5 Å². The maximum Gasteiger partial charge on any atom is 0.309 e. The topological polar surface area (TPSA) is 71.7 Å². The summed E-state index contributed by atoms with van der Waals surface area (Å²) in [7, 11) is 0. The fourth-order valence-electron chi connectivity index (χ4n) is 5.40. The average molecular weight is 427 g/mol. The smallest absolute Gasteiger partial charge is 0.309 e. The number of carboxylic acid groups (broad SMARTS) is 1. The average Bonchev–Trinajstić information content (AvgIpc) is 3.04. The van der Waals surface area contributed by atoms with Crippen LogP contribution in [0, 0.1) is 17.0 Å². The van der Waals surface area contributed by atoms with Gasteiger partial charge in [0, 0.05) is 33.8 Å². The van der Waals surface area contributed by atoms with Crippen LogP contribution in [0.2, 0.25) is 0 Å². The summed E-state index contributed by atoms with van der Waals surface area (Å²) < 4.78 is 36.0. The van der Waals surface area contributed by atoms with Gasteiger partial charge in [0.2, 0.25) is 0 Å². The van der Waals surface area contributed by atoms with Crippen molar-refractivity contribution in [1.29, 1.82) is 0 Å². The van der Waals surface area contributed by atoms with Gasteiger partial charge in [-0.3, -0.25) is 4.79 Å². The van der Waals surface area contributed by atoms with Crippen LogP contribution in [0.3, 0.4) is 0 Å². The molecule has 1 fully saturated rings. The van der Waals surface area contributed by atoms with Gasteiger partial charge in [0.25, 0.3) is 0 Å². The third-order valence-corrected chi connectivity index (χ3v) is 6.81. The third-order valence-electron chi connectivity index (χ3n) is 6.81. The van der Waals surface area contributed by atoms with Crippen molar-refractivity contribution in [3.05, 3.63) is 59.3 Å². The van der Waals surface area contributed by atoms with Gasteiger partial charge in [-0.15, -0.1) is 0 Å². The first-order chi connectivity index (χ1) is 14.5. The van der Waals surface area contributed by atoms with Gasteiger partial charge < -0.3 is 19.5 Å². The van der Waals surface area contributed by atoms with E-state index in [2.05, 4.69) is 0 Å². The molecule has 0 saturated heterocycles. The molecule has 7 heteroatoms. The Kier molecular flexibility index (Phi) is 3.91. The van der Waals surface area contributed by atoms with Gasteiger partial charge in [0.15, 0.2) is 11.6 Å². The zero-order chi connectivity index (χ0) is 22.3. The monoisotopic (exact) mass is 427 g/mol. The predicted molar refractivity (Wildman–Crippen MR) is 110 cm³/mol. The normalized spacial score (nSPS) is 26.6. The molecule has 0 atom stereocenters. The summed E-state index contributed by atoms with van der Waals surface area (Å²) in [4.78, 5) is 11.8. The van der Waals surface area contributed by atoms with Crippen molar-refractivity contribution >= 4 is 16.9 Å². The largest absolute Gasteiger partial charge is 0.507 e. The molecule has 0 bridgehead atoms. The molecule has 1 spiro atoms. The Morgan fingerprint density at radius 3 is 2.45 bits per heavy atom. The number of halogens is 2. The van der Waals surface area contributed by atoms with Crippen LogP contribution in [0.25, 0.3) is 16.6 Å². The van der Waals surface area contributed by atoms with Gasteiger partial charge in [-0.1, -0.05) is 19.9 Å². The second-order valence-corrected chi connectivity index (χ2v) is 9.71. The minimum absolute atomic E-state index is 0.0414. The molecule has 2 N–H and O–H groups in total. The van der Waals surface area contributed by atoms with Crippen LogP contribution in [-0.2, 0) is 20.5 Å². The fourth-order valence-corrected chi connectivity index (χ4v) is 5.40. The zero-order valence-electron chi connectivity index (χ0n) is 17.5. The van der Waals surface area contributed by atoms with E-state index in [0.717, 1.165) is 23.4 Å². The highest BCUT2D eigenvalue weighted by Gasteiger charge is 2.62. The number of aliphatic carboxylic acids is 1. The molecule has 31 heavy (non-hydrogen) atoms. The zero-order valence-corrected chi connectivity index (χ0v) is 17.5. The summed E-state index contributed by atoms with van der Waals surface area (Å²) in [6.07, 6.45) is 0.535. The summed E-state index contributed by atoms with van der Waals surface area (Å²) in [5.74, 6) is -2.75. The summed E-state index contributed by atoms with van der Waals surface area (Å²) in [5, 5.41) is 21.1. The molecule has 0 amide bonds. The number of hydrogen-bond acceptors (Lipinski definition) is 3. The highest BCUT2D eigenvalue weighted by atomic mass is 19.2. The Morgan fingerprint density at radius 2 is 1.81 bits per heavy atom. The number of benzene rings is 2. The molecular formula is C24H23F2NO4. The highest BCUT2D eigenvalue weighted by Crippen LogP contribution is 2.63. The number of phenols is 1. The van der Waals surface area contributed by atoms with E-state index >= 15 is 0 Å². The van der Waals surface area contributed by atoms with E-state index in [1.807, 2.05) is 24.5 Å². The second-order valence-electron chi connectivity index (χ2n) is 9.71. The molecular weight excluding hydrogens is 404 g/mol. The Labute approximate surface area is 177 Å². The second kappa shape index (κ2) is 6.07. The Bertz CT molecular complexity index is 1250. The lowest BCUT2D eigenvalue weighted by Gasteiger charge is -2.56. The number of aromatic nitrogens is 1. The van der Waals surface area contributed by atoms with Gasteiger partial charge in [0.1, 0.15) is 5.75 Å². The lowest BCUT2D eigenvalue weighted by Crippen LogP contribution is -2.57. The standard InChI is InChI=1S/C24H23F2NO4/c1-22(2)12-31-24(10-23(3,11-24)21(29)30)19-18-16(5-4-6-17(18)28)27(20(19)22)13-7-8-14(25)15(26)9-13/h4-9,28H,10-12H2,1-3H3,(H,29,30)/t23-,24+. The molecule has 2 aromatic carbocycles. The summed E-state index contributed by atoms with van der Waals surface area (Å²) in [6.45, 7) is 5.99.